The molecule has 1 aromatic carbocycles. The van der Waals surface area contributed by atoms with Gasteiger partial charge in [0.2, 0.25) is 4.58 Å². The smallest absolute Gasteiger partial charge is 0.322 e. The highest BCUT2D eigenvalue weighted by Crippen LogP contribution is 2.44. The molecule has 0 aromatic heterocycles. The number of sulfone groups is 2. The summed E-state index contributed by atoms with van der Waals surface area (Å²) in [6, 6.07) is 2.35. The van der Waals surface area contributed by atoms with Gasteiger partial charge in [0.15, 0.2) is 0 Å². The zero-order valence-corrected chi connectivity index (χ0v) is 14.9. The fourth-order valence-electron chi connectivity index (χ4n) is 1.73. The first-order valence-electron chi connectivity index (χ1n) is 6.60. The van der Waals surface area contributed by atoms with Crippen LogP contribution >= 0.6 is 0 Å². The highest BCUT2D eigenvalue weighted by atomic mass is 32.3. The van der Waals surface area contributed by atoms with Crippen molar-refractivity contribution in [3.8, 4) is 0 Å². The lowest BCUT2D eigenvalue weighted by atomic mass is 10.2. The van der Waals surface area contributed by atoms with Gasteiger partial charge in [-0.2, -0.15) is 26.3 Å². The summed E-state index contributed by atoms with van der Waals surface area (Å²) in [4.78, 5) is 11.4. The largest absolute Gasteiger partial charge is 0.499 e. The second-order valence-corrected chi connectivity index (χ2v) is 9.52. The minimum atomic E-state index is -6.79. The summed E-state index contributed by atoms with van der Waals surface area (Å²) in [5.74, 6) is -0.731. The van der Waals surface area contributed by atoms with Crippen molar-refractivity contribution >= 4 is 31.3 Å². The SMILES string of the molecule is C=C(C)C(=O)Nc1ccc(C(S(=O)(=O)C(F)(F)F)S(=O)(=O)C(F)(F)F)cc1. The van der Waals surface area contributed by atoms with Crippen LogP contribution in [0.2, 0.25) is 0 Å². The van der Waals surface area contributed by atoms with E-state index in [1.165, 1.54) is 6.92 Å². The Morgan fingerprint density at radius 2 is 1.30 bits per heavy atom. The van der Waals surface area contributed by atoms with E-state index in [2.05, 4.69) is 11.9 Å². The Balaban J connectivity index is 3.55. The molecule has 1 rings (SSSR count). The molecule has 0 saturated heterocycles. The Labute approximate surface area is 149 Å². The van der Waals surface area contributed by atoms with E-state index in [4.69, 9.17) is 0 Å². The first-order chi connectivity index (χ1) is 11.9. The Kier molecular flexibility index (Phi) is 6.07. The van der Waals surface area contributed by atoms with Crippen LogP contribution in [0.4, 0.5) is 32.0 Å². The fourth-order valence-corrected chi connectivity index (χ4v) is 5.23. The van der Waals surface area contributed by atoms with E-state index in [1.54, 1.807) is 0 Å². The lowest BCUT2D eigenvalue weighted by Crippen LogP contribution is -2.39. The van der Waals surface area contributed by atoms with Crippen molar-refractivity contribution in [1.29, 1.82) is 0 Å². The van der Waals surface area contributed by atoms with Crippen molar-refractivity contribution in [2.75, 3.05) is 5.32 Å². The van der Waals surface area contributed by atoms with Crippen LogP contribution in [-0.4, -0.2) is 33.8 Å². The van der Waals surface area contributed by atoms with E-state index < -0.39 is 46.7 Å². The summed E-state index contributed by atoms with van der Waals surface area (Å²) in [6.07, 6.45) is 0. The maximum atomic E-state index is 12.7. The van der Waals surface area contributed by atoms with Gasteiger partial charge in [-0.05, 0) is 24.6 Å². The van der Waals surface area contributed by atoms with Gasteiger partial charge < -0.3 is 5.32 Å². The van der Waals surface area contributed by atoms with Crippen LogP contribution in [0.5, 0.6) is 0 Å². The number of alkyl halides is 6. The van der Waals surface area contributed by atoms with Crippen molar-refractivity contribution in [3.63, 3.8) is 0 Å². The number of halogens is 6. The molecule has 0 heterocycles. The monoisotopic (exact) mass is 439 g/mol. The van der Waals surface area contributed by atoms with E-state index in [-0.39, 0.29) is 11.3 Å². The van der Waals surface area contributed by atoms with E-state index in [0.29, 0.717) is 12.1 Å². The average molecular weight is 439 g/mol. The Morgan fingerprint density at radius 3 is 1.59 bits per heavy atom. The second-order valence-electron chi connectivity index (χ2n) is 5.17. The molecular weight excluding hydrogens is 428 g/mol. The maximum Gasteiger partial charge on any atom is 0.499 e. The maximum absolute atomic E-state index is 12.7. The van der Waals surface area contributed by atoms with Gasteiger partial charge in [0.1, 0.15) is 0 Å². The van der Waals surface area contributed by atoms with Crippen molar-refractivity contribution < 1.29 is 48.0 Å². The molecule has 152 valence electrons. The summed E-state index contributed by atoms with van der Waals surface area (Å²) < 4.78 is 119. The van der Waals surface area contributed by atoms with Gasteiger partial charge in [0.05, 0.1) is 0 Å². The Morgan fingerprint density at radius 1 is 0.926 bits per heavy atom. The van der Waals surface area contributed by atoms with Crippen LogP contribution in [-0.2, 0) is 24.5 Å². The molecule has 0 unspecified atom stereocenters. The minimum absolute atomic E-state index is 0.0243. The predicted molar refractivity (Wildman–Crippen MR) is 82.6 cm³/mol. The highest BCUT2D eigenvalue weighted by molar-refractivity contribution is 8.09. The van der Waals surface area contributed by atoms with E-state index in [0.717, 1.165) is 12.1 Å². The van der Waals surface area contributed by atoms with Gasteiger partial charge in [0, 0.05) is 11.3 Å². The Bertz CT molecular complexity index is 902. The third kappa shape index (κ3) is 4.61. The minimum Gasteiger partial charge on any atom is -0.322 e. The van der Waals surface area contributed by atoms with E-state index in [9.17, 15) is 48.0 Å². The van der Waals surface area contributed by atoms with Gasteiger partial charge in [-0.15, -0.1) is 0 Å². The summed E-state index contributed by atoms with van der Waals surface area (Å²) in [7, 11) is -13.6. The molecule has 1 N–H and O–H groups in total. The van der Waals surface area contributed by atoms with Crippen LogP contribution < -0.4 is 5.32 Å². The molecule has 27 heavy (non-hydrogen) atoms. The number of carbonyl (C=O) groups is 1. The van der Waals surface area contributed by atoms with Crippen LogP contribution in [0.15, 0.2) is 36.4 Å². The first-order valence-corrected chi connectivity index (χ1v) is 9.69. The van der Waals surface area contributed by atoms with Gasteiger partial charge in [0.25, 0.3) is 25.6 Å². The van der Waals surface area contributed by atoms with Crippen LogP contribution in [0, 0.1) is 0 Å². The summed E-state index contributed by atoms with van der Waals surface area (Å²) in [5.41, 5.74) is -13.9. The molecule has 0 aliphatic heterocycles. The number of hydrogen-bond donors (Lipinski definition) is 1. The molecule has 1 amide bonds. The molecule has 0 aliphatic carbocycles. The number of benzene rings is 1. The zero-order chi connectivity index (χ0) is 21.4. The van der Waals surface area contributed by atoms with Gasteiger partial charge in [-0.3, -0.25) is 4.79 Å². The topological polar surface area (TPSA) is 97.4 Å². The molecular formula is C13H11F6NO5S2. The number of carbonyl (C=O) groups excluding carboxylic acids is 1. The van der Waals surface area contributed by atoms with Crippen molar-refractivity contribution in [1.82, 2.24) is 0 Å². The highest BCUT2D eigenvalue weighted by Gasteiger charge is 2.63. The number of rotatable bonds is 5. The molecule has 0 saturated carbocycles. The normalized spacial score (nSPS) is 13.5. The molecule has 0 spiro atoms. The second kappa shape index (κ2) is 7.14. The standard InChI is InChI=1S/C13H11F6NO5S2/c1-7(2)10(21)20-9-5-3-8(4-6-9)11(26(22,23)12(14,15)16)27(24,25)13(17,18)19/h3-6,11H,1H2,2H3,(H,20,21). The third-order valence-corrected chi connectivity index (χ3v) is 7.52. The number of hydrogen-bond acceptors (Lipinski definition) is 5. The van der Waals surface area contributed by atoms with Crippen LogP contribution in [0.3, 0.4) is 0 Å². The first kappa shape index (κ1) is 23.0. The molecule has 1 aromatic rings. The quantitative estimate of drug-likeness (QED) is 0.562. The predicted octanol–water partition coefficient (Wildman–Crippen LogP) is 3.07. The zero-order valence-electron chi connectivity index (χ0n) is 13.2. The number of anilines is 1. The van der Waals surface area contributed by atoms with Crippen LogP contribution in [0.1, 0.15) is 17.1 Å². The van der Waals surface area contributed by atoms with Gasteiger partial charge in [-0.25, -0.2) is 16.8 Å². The molecule has 0 bridgehead atoms. The third-order valence-electron chi connectivity index (χ3n) is 3.04. The lowest BCUT2D eigenvalue weighted by Gasteiger charge is -2.21. The number of nitrogens with one attached hydrogen (secondary N) is 1. The summed E-state index contributed by atoms with van der Waals surface area (Å²) in [5, 5.41) is 2.16. The molecule has 6 nitrogen and oxygen atoms in total. The number of amides is 1. The van der Waals surface area contributed by atoms with E-state index in [1.807, 2.05) is 0 Å². The molecule has 14 heteroatoms. The summed E-state index contributed by atoms with van der Waals surface area (Å²) >= 11 is 0. The van der Waals surface area contributed by atoms with Crippen molar-refractivity contribution in [2.24, 2.45) is 0 Å². The Hall–Kier alpha value is -2.09. The molecule has 0 atom stereocenters. The van der Waals surface area contributed by atoms with Crippen LogP contribution in [0.25, 0.3) is 0 Å². The summed E-state index contributed by atoms with van der Waals surface area (Å²) in [6.45, 7) is 4.61. The average Bonchev–Trinajstić information content (AvgIpc) is 2.46. The van der Waals surface area contributed by atoms with Gasteiger partial charge >= 0.3 is 11.0 Å². The fraction of sp³-hybridized carbons (Fsp3) is 0.308. The molecule has 0 aliphatic rings. The van der Waals surface area contributed by atoms with Crippen molar-refractivity contribution in [3.05, 3.63) is 42.0 Å². The molecule has 0 radical (unpaired) electrons. The van der Waals surface area contributed by atoms with Crippen molar-refractivity contribution in [2.45, 2.75) is 22.5 Å². The van der Waals surface area contributed by atoms with Gasteiger partial charge in [-0.1, -0.05) is 18.7 Å². The lowest BCUT2D eigenvalue weighted by molar-refractivity contribution is -0.112. The molecule has 0 fully saturated rings. The van der Waals surface area contributed by atoms with E-state index >= 15 is 0 Å².